The number of rotatable bonds is 5. The fourth-order valence-electron chi connectivity index (χ4n) is 1.68. The first-order valence-corrected chi connectivity index (χ1v) is 5.19. The summed E-state index contributed by atoms with van der Waals surface area (Å²) >= 11 is 0. The number of hydrogen-bond donors (Lipinski definition) is 2. The quantitative estimate of drug-likeness (QED) is 0.654. The van der Waals surface area contributed by atoms with Gasteiger partial charge in [-0.05, 0) is 19.5 Å². The monoisotopic (exact) mass is 186 g/mol. The van der Waals surface area contributed by atoms with Crippen molar-refractivity contribution in [2.45, 2.75) is 19.9 Å². The van der Waals surface area contributed by atoms with Crippen LogP contribution in [0.3, 0.4) is 0 Å². The predicted molar refractivity (Wildman–Crippen MR) is 54.9 cm³/mol. The van der Waals surface area contributed by atoms with Crippen molar-refractivity contribution >= 4 is 0 Å². The maximum atomic E-state index is 5.42. The molecule has 1 heterocycles. The van der Waals surface area contributed by atoms with Crippen molar-refractivity contribution in [1.82, 2.24) is 10.6 Å². The van der Waals surface area contributed by atoms with Gasteiger partial charge in [0.15, 0.2) is 0 Å². The van der Waals surface area contributed by atoms with Gasteiger partial charge in [-0.1, -0.05) is 13.8 Å². The van der Waals surface area contributed by atoms with Gasteiger partial charge < -0.3 is 15.4 Å². The van der Waals surface area contributed by atoms with Gasteiger partial charge in [-0.2, -0.15) is 0 Å². The van der Waals surface area contributed by atoms with Crippen LogP contribution in [0.4, 0.5) is 0 Å². The Bertz CT molecular complexity index is 139. The van der Waals surface area contributed by atoms with Gasteiger partial charge in [0.05, 0.1) is 13.2 Å². The summed E-state index contributed by atoms with van der Waals surface area (Å²) in [6.45, 7) is 8.40. The Morgan fingerprint density at radius 3 is 2.77 bits per heavy atom. The first kappa shape index (κ1) is 11.0. The molecule has 0 aromatic carbocycles. The minimum absolute atomic E-state index is 0.541. The molecule has 2 N–H and O–H groups in total. The fourth-order valence-corrected chi connectivity index (χ4v) is 1.68. The second-order valence-electron chi connectivity index (χ2n) is 4.24. The van der Waals surface area contributed by atoms with Gasteiger partial charge in [-0.25, -0.2) is 0 Å². The van der Waals surface area contributed by atoms with E-state index in [1.165, 1.54) is 0 Å². The zero-order chi connectivity index (χ0) is 9.68. The number of nitrogens with one attached hydrogen (secondary N) is 2. The average molecular weight is 186 g/mol. The Kier molecular flexibility index (Phi) is 4.70. The van der Waals surface area contributed by atoms with Crippen LogP contribution in [-0.4, -0.2) is 39.4 Å². The highest BCUT2D eigenvalue weighted by Gasteiger charge is 2.25. The summed E-state index contributed by atoms with van der Waals surface area (Å²) in [7, 11) is 2.01. The smallest absolute Gasteiger partial charge is 0.0623 e. The maximum Gasteiger partial charge on any atom is 0.0623 e. The van der Waals surface area contributed by atoms with Crippen molar-refractivity contribution in [2.75, 3.05) is 33.4 Å². The van der Waals surface area contributed by atoms with Crippen LogP contribution in [0.2, 0.25) is 0 Å². The van der Waals surface area contributed by atoms with Gasteiger partial charge in [0.25, 0.3) is 0 Å². The van der Waals surface area contributed by atoms with Crippen molar-refractivity contribution in [3.05, 3.63) is 0 Å². The molecular formula is C10H22N2O. The van der Waals surface area contributed by atoms with E-state index in [2.05, 4.69) is 24.5 Å². The van der Waals surface area contributed by atoms with Crippen LogP contribution in [0.15, 0.2) is 0 Å². The van der Waals surface area contributed by atoms with Crippen LogP contribution < -0.4 is 10.6 Å². The molecule has 2 atom stereocenters. The second-order valence-corrected chi connectivity index (χ2v) is 4.24. The van der Waals surface area contributed by atoms with Crippen LogP contribution in [0, 0.1) is 11.8 Å². The van der Waals surface area contributed by atoms with E-state index in [1.54, 1.807) is 0 Å². The summed E-state index contributed by atoms with van der Waals surface area (Å²) in [4.78, 5) is 0. The van der Waals surface area contributed by atoms with Crippen molar-refractivity contribution in [2.24, 2.45) is 11.8 Å². The van der Waals surface area contributed by atoms with Gasteiger partial charge in [0.1, 0.15) is 0 Å². The van der Waals surface area contributed by atoms with Gasteiger partial charge in [0, 0.05) is 18.5 Å². The van der Waals surface area contributed by atoms with E-state index in [1.807, 2.05) is 7.05 Å². The van der Waals surface area contributed by atoms with Crippen molar-refractivity contribution in [1.29, 1.82) is 0 Å². The molecule has 0 saturated carbocycles. The summed E-state index contributed by atoms with van der Waals surface area (Å²) in [6.07, 6.45) is 0. The zero-order valence-electron chi connectivity index (χ0n) is 8.97. The molecule has 1 rings (SSSR count). The van der Waals surface area contributed by atoms with Gasteiger partial charge >= 0.3 is 0 Å². The predicted octanol–water partition coefficient (Wildman–Crippen LogP) is 0.466. The lowest BCUT2D eigenvalue weighted by atomic mass is 10.0. The zero-order valence-corrected chi connectivity index (χ0v) is 8.97. The SMILES string of the molecule is CNC1COCC1CNCC(C)C. The topological polar surface area (TPSA) is 33.3 Å². The van der Waals surface area contributed by atoms with Crippen molar-refractivity contribution in [3.8, 4) is 0 Å². The molecule has 3 nitrogen and oxygen atoms in total. The van der Waals surface area contributed by atoms with Crippen LogP contribution in [-0.2, 0) is 4.74 Å². The average Bonchev–Trinajstić information content (AvgIpc) is 2.51. The third kappa shape index (κ3) is 3.63. The number of likely N-dealkylation sites (N-methyl/N-ethyl adjacent to an activating group) is 1. The molecule has 2 unspecified atom stereocenters. The molecule has 0 aliphatic carbocycles. The minimum Gasteiger partial charge on any atom is -0.379 e. The molecule has 1 saturated heterocycles. The highest BCUT2D eigenvalue weighted by atomic mass is 16.5. The Labute approximate surface area is 81.2 Å². The molecule has 78 valence electrons. The first-order chi connectivity index (χ1) is 6.24. The van der Waals surface area contributed by atoms with Gasteiger partial charge in [0.2, 0.25) is 0 Å². The Morgan fingerprint density at radius 2 is 2.15 bits per heavy atom. The highest BCUT2D eigenvalue weighted by molar-refractivity contribution is 4.81. The van der Waals surface area contributed by atoms with Crippen LogP contribution in [0.1, 0.15) is 13.8 Å². The summed E-state index contributed by atoms with van der Waals surface area (Å²) in [5.74, 6) is 1.37. The molecule has 1 fully saturated rings. The molecule has 0 amide bonds. The van der Waals surface area contributed by atoms with Crippen molar-refractivity contribution in [3.63, 3.8) is 0 Å². The molecule has 1 aliphatic rings. The molecule has 0 radical (unpaired) electrons. The molecule has 0 bridgehead atoms. The lowest BCUT2D eigenvalue weighted by Gasteiger charge is -2.17. The van der Waals surface area contributed by atoms with E-state index in [4.69, 9.17) is 4.74 Å². The molecule has 0 aromatic heterocycles. The lowest BCUT2D eigenvalue weighted by Crippen LogP contribution is -2.39. The Morgan fingerprint density at radius 1 is 1.38 bits per heavy atom. The second kappa shape index (κ2) is 5.58. The third-order valence-electron chi connectivity index (χ3n) is 2.53. The van der Waals surface area contributed by atoms with E-state index in [0.29, 0.717) is 12.0 Å². The maximum absolute atomic E-state index is 5.42. The normalized spacial score (nSPS) is 28.6. The Hall–Kier alpha value is -0.120. The minimum atomic E-state index is 0.541. The van der Waals surface area contributed by atoms with E-state index >= 15 is 0 Å². The van der Waals surface area contributed by atoms with Crippen LogP contribution >= 0.6 is 0 Å². The van der Waals surface area contributed by atoms with Gasteiger partial charge in [-0.15, -0.1) is 0 Å². The van der Waals surface area contributed by atoms with E-state index < -0.39 is 0 Å². The summed E-state index contributed by atoms with van der Waals surface area (Å²) in [5.41, 5.74) is 0. The molecule has 1 aliphatic heterocycles. The highest BCUT2D eigenvalue weighted by Crippen LogP contribution is 2.11. The summed E-state index contributed by atoms with van der Waals surface area (Å²) in [6, 6.07) is 0.541. The van der Waals surface area contributed by atoms with Crippen molar-refractivity contribution < 1.29 is 4.74 Å². The summed E-state index contributed by atoms with van der Waals surface area (Å²) < 4.78 is 5.42. The molecule has 13 heavy (non-hydrogen) atoms. The lowest BCUT2D eigenvalue weighted by molar-refractivity contribution is 0.182. The van der Waals surface area contributed by atoms with E-state index in [0.717, 1.165) is 32.2 Å². The molecule has 0 aromatic rings. The summed E-state index contributed by atoms with van der Waals surface area (Å²) in [5, 5.41) is 6.76. The first-order valence-electron chi connectivity index (χ1n) is 5.19. The number of hydrogen-bond acceptors (Lipinski definition) is 3. The van der Waals surface area contributed by atoms with Crippen LogP contribution in [0.5, 0.6) is 0 Å². The third-order valence-corrected chi connectivity index (χ3v) is 2.53. The largest absolute Gasteiger partial charge is 0.379 e. The van der Waals surface area contributed by atoms with E-state index in [-0.39, 0.29) is 0 Å². The van der Waals surface area contributed by atoms with Gasteiger partial charge in [-0.3, -0.25) is 0 Å². The van der Waals surface area contributed by atoms with Crippen LogP contribution in [0.25, 0.3) is 0 Å². The van der Waals surface area contributed by atoms with E-state index in [9.17, 15) is 0 Å². The molecule has 0 spiro atoms. The number of ether oxygens (including phenoxy) is 1. The standard InChI is InChI=1S/C10H22N2O/c1-8(2)4-12-5-9-6-13-7-10(9)11-3/h8-12H,4-7H2,1-3H3. The molecular weight excluding hydrogens is 164 g/mol. The molecule has 3 heteroatoms. The fraction of sp³-hybridized carbons (Fsp3) is 1.00. The Balaban J connectivity index is 2.13.